The van der Waals surface area contributed by atoms with Crippen molar-refractivity contribution in [2.45, 2.75) is 20.8 Å². The van der Waals surface area contributed by atoms with E-state index in [4.69, 9.17) is 9.47 Å². The Morgan fingerprint density at radius 1 is 0.952 bits per heavy atom. The first-order valence-electron chi connectivity index (χ1n) is 7.23. The molecule has 2 rings (SSSR count). The minimum atomic E-state index is 0.612. The van der Waals surface area contributed by atoms with Crippen molar-refractivity contribution in [3.63, 3.8) is 0 Å². The van der Waals surface area contributed by atoms with E-state index in [0.29, 0.717) is 13.2 Å². The van der Waals surface area contributed by atoms with Gasteiger partial charge in [0.1, 0.15) is 11.5 Å². The van der Waals surface area contributed by atoms with Crippen molar-refractivity contribution >= 4 is 11.9 Å². The zero-order valence-corrected chi connectivity index (χ0v) is 12.8. The summed E-state index contributed by atoms with van der Waals surface area (Å²) in [5, 5.41) is 0. The highest BCUT2D eigenvalue weighted by Gasteiger charge is 2.04. The maximum Gasteiger partial charge on any atom is 0.131 e. The van der Waals surface area contributed by atoms with E-state index >= 15 is 0 Å². The molecule has 0 radical (unpaired) electrons. The Hall–Kier alpha value is -2.29. The first kappa shape index (κ1) is 15.1. The van der Waals surface area contributed by atoms with E-state index in [-0.39, 0.29) is 0 Å². The smallest absolute Gasteiger partial charge is 0.131 e. The molecule has 2 aromatic carbocycles. The van der Waals surface area contributed by atoms with Crippen LogP contribution in [0.3, 0.4) is 0 Å². The second kappa shape index (κ2) is 7.48. The first-order chi connectivity index (χ1) is 10.2. The second-order valence-corrected chi connectivity index (χ2v) is 4.66. The number of aryl methyl sites for hydroxylation is 1. The van der Waals surface area contributed by atoms with Crippen LogP contribution >= 0.6 is 0 Å². The summed E-state index contributed by atoms with van der Waals surface area (Å²) in [4.78, 5) is 4.49. The maximum atomic E-state index is 5.66. The molecule has 0 spiro atoms. The van der Waals surface area contributed by atoms with E-state index in [1.54, 1.807) is 0 Å². The van der Waals surface area contributed by atoms with Gasteiger partial charge in [0.25, 0.3) is 0 Å². The van der Waals surface area contributed by atoms with Gasteiger partial charge < -0.3 is 9.47 Å². The Kier molecular flexibility index (Phi) is 5.38. The Labute approximate surface area is 126 Å². The summed E-state index contributed by atoms with van der Waals surface area (Å²) < 4.78 is 11.2. The molecular weight excluding hydrogens is 262 g/mol. The molecule has 0 amide bonds. The predicted molar refractivity (Wildman–Crippen MR) is 87.2 cm³/mol. The fourth-order valence-corrected chi connectivity index (χ4v) is 1.93. The Morgan fingerprint density at radius 2 is 1.67 bits per heavy atom. The molecule has 21 heavy (non-hydrogen) atoms. The van der Waals surface area contributed by atoms with Crippen LogP contribution in [0.25, 0.3) is 0 Å². The number of benzene rings is 2. The van der Waals surface area contributed by atoms with E-state index in [1.165, 1.54) is 5.56 Å². The van der Waals surface area contributed by atoms with Crippen molar-refractivity contribution < 1.29 is 9.47 Å². The third-order valence-electron chi connectivity index (χ3n) is 2.98. The lowest BCUT2D eigenvalue weighted by molar-refractivity contribution is 0.323. The number of rotatable bonds is 6. The molecule has 0 unspecified atom stereocenters. The molecule has 2 aromatic rings. The summed E-state index contributed by atoms with van der Waals surface area (Å²) in [7, 11) is 0. The Balaban J connectivity index is 2.23. The number of aliphatic imine (C=N–C) groups is 1. The lowest BCUT2D eigenvalue weighted by Gasteiger charge is -2.10. The van der Waals surface area contributed by atoms with Crippen LogP contribution in [0.4, 0.5) is 5.69 Å². The minimum Gasteiger partial charge on any atom is -0.494 e. The third-order valence-corrected chi connectivity index (χ3v) is 2.98. The van der Waals surface area contributed by atoms with Crippen molar-refractivity contribution in [2.24, 2.45) is 4.99 Å². The maximum absolute atomic E-state index is 5.66. The molecule has 0 heterocycles. The fourth-order valence-electron chi connectivity index (χ4n) is 1.93. The van der Waals surface area contributed by atoms with Crippen LogP contribution in [-0.4, -0.2) is 19.4 Å². The zero-order valence-electron chi connectivity index (χ0n) is 12.8. The average molecular weight is 283 g/mol. The average Bonchev–Trinajstić information content (AvgIpc) is 2.49. The third kappa shape index (κ3) is 4.35. The molecule has 0 N–H and O–H groups in total. The summed E-state index contributed by atoms with van der Waals surface area (Å²) in [5.74, 6) is 1.60. The van der Waals surface area contributed by atoms with Gasteiger partial charge in [-0.15, -0.1) is 0 Å². The van der Waals surface area contributed by atoms with Crippen molar-refractivity contribution in [3.05, 3.63) is 53.6 Å². The Morgan fingerprint density at radius 3 is 2.33 bits per heavy atom. The quantitative estimate of drug-likeness (QED) is 0.728. The van der Waals surface area contributed by atoms with Crippen molar-refractivity contribution in [1.29, 1.82) is 0 Å². The van der Waals surface area contributed by atoms with Crippen LogP contribution < -0.4 is 9.47 Å². The van der Waals surface area contributed by atoms with Gasteiger partial charge in [0, 0.05) is 17.8 Å². The van der Waals surface area contributed by atoms with Gasteiger partial charge in [-0.25, -0.2) is 0 Å². The van der Waals surface area contributed by atoms with Crippen LogP contribution in [0.15, 0.2) is 47.5 Å². The molecule has 0 aliphatic heterocycles. The summed E-state index contributed by atoms with van der Waals surface area (Å²) in [6.45, 7) is 7.25. The number of nitrogens with zero attached hydrogens (tertiary/aromatic N) is 1. The van der Waals surface area contributed by atoms with Crippen LogP contribution in [0, 0.1) is 6.92 Å². The molecular formula is C18H21NO2. The van der Waals surface area contributed by atoms with Gasteiger partial charge >= 0.3 is 0 Å². The molecule has 0 aliphatic rings. The summed E-state index contributed by atoms with van der Waals surface area (Å²) >= 11 is 0. The molecule has 0 aromatic heterocycles. The molecule has 0 fully saturated rings. The van der Waals surface area contributed by atoms with Gasteiger partial charge in [0.05, 0.1) is 18.9 Å². The van der Waals surface area contributed by atoms with Crippen LogP contribution in [0.2, 0.25) is 0 Å². The standard InChI is InChI=1S/C18H21NO2/c1-4-20-17-11-8-15(18(12-17)21-5-2)13-19-16-9-6-14(3)7-10-16/h6-13H,4-5H2,1-3H3. The molecule has 0 aliphatic carbocycles. The largest absolute Gasteiger partial charge is 0.494 e. The number of ether oxygens (including phenoxy) is 2. The van der Waals surface area contributed by atoms with E-state index in [0.717, 1.165) is 22.7 Å². The highest BCUT2D eigenvalue weighted by atomic mass is 16.5. The molecule has 0 saturated heterocycles. The molecule has 0 atom stereocenters. The topological polar surface area (TPSA) is 30.8 Å². The zero-order chi connectivity index (χ0) is 15.1. The normalized spacial score (nSPS) is 10.8. The predicted octanol–water partition coefficient (Wildman–Crippen LogP) is 4.54. The highest BCUT2D eigenvalue weighted by Crippen LogP contribution is 2.24. The molecule has 3 heteroatoms. The van der Waals surface area contributed by atoms with Gasteiger partial charge in [-0.05, 0) is 45.0 Å². The summed E-state index contributed by atoms with van der Waals surface area (Å²) in [6.07, 6.45) is 1.82. The van der Waals surface area contributed by atoms with Gasteiger partial charge in [-0.2, -0.15) is 0 Å². The molecule has 3 nitrogen and oxygen atoms in total. The highest BCUT2D eigenvalue weighted by molar-refractivity contribution is 5.85. The fraction of sp³-hybridized carbons (Fsp3) is 0.278. The second-order valence-electron chi connectivity index (χ2n) is 4.66. The lowest BCUT2D eigenvalue weighted by atomic mass is 10.2. The SMILES string of the molecule is CCOc1ccc(C=Nc2ccc(C)cc2)c(OCC)c1. The van der Waals surface area contributed by atoms with Gasteiger partial charge in [-0.3, -0.25) is 4.99 Å². The van der Waals surface area contributed by atoms with E-state index in [2.05, 4.69) is 11.9 Å². The molecule has 0 bridgehead atoms. The lowest BCUT2D eigenvalue weighted by Crippen LogP contribution is -1.98. The van der Waals surface area contributed by atoms with Crippen LogP contribution in [-0.2, 0) is 0 Å². The van der Waals surface area contributed by atoms with Crippen LogP contribution in [0.5, 0.6) is 11.5 Å². The van der Waals surface area contributed by atoms with Crippen molar-refractivity contribution in [2.75, 3.05) is 13.2 Å². The number of hydrogen-bond donors (Lipinski definition) is 0. The first-order valence-corrected chi connectivity index (χ1v) is 7.23. The van der Waals surface area contributed by atoms with Gasteiger partial charge in [0.2, 0.25) is 0 Å². The molecule has 0 saturated carbocycles. The van der Waals surface area contributed by atoms with Gasteiger partial charge in [0.15, 0.2) is 0 Å². The van der Waals surface area contributed by atoms with Crippen molar-refractivity contribution in [3.8, 4) is 11.5 Å². The summed E-state index contributed by atoms with van der Waals surface area (Å²) in [6, 6.07) is 13.9. The monoisotopic (exact) mass is 283 g/mol. The van der Waals surface area contributed by atoms with E-state index in [1.807, 2.05) is 62.5 Å². The van der Waals surface area contributed by atoms with E-state index in [9.17, 15) is 0 Å². The molecule has 110 valence electrons. The van der Waals surface area contributed by atoms with Crippen LogP contribution in [0.1, 0.15) is 25.0 Å². The minimum absolute atomic E-state index is 0.612. The summed E-state index contributed by atoms with van der Waals surface area (Å²) in [5.41, 5.74) is 3.10. The van der Waals surface area contributed by atoms with Crippen molar-refractivity contribution in [1.82, 2.24) is 0 Å². The number of hydrogen-bond acceptors (Lipinski definition) is 3. The van der Waals surface area contributed by atoms with E-state index < -0.39 is 0 Å². The Bertz CT molecular complexity index is 603. The van der Waals surface area contributed by atoms with Gasteiger partial charge in [-0.1, -0.05) is 17.7 Å².